The van der Waals surface area contributed by atoms with E-state index in [0.29, 0.717) is 18.1 Å². The van der Waals surface area contributed by atoms with E-state index in [2.05, 4.69) is 10.1 Å². The van der Waals surface area contributed by atoms with Crippen molar-refractivity contribution in [3.63, 3.8) is 0 Å². The molecule has 5 nitrogen and oxygen atoms in total. The van der Waals surface area contributed by atoms with Gasteiger partial charge in [-0.15, -0.1) is 0 Å². The summed E-state index contributed by atoms with van der Waals surface area (Å²) in [6.07, 6.45) is 3.45. The van der Waals surface area contributed by atoms with Crippen molar-refractivity contribution in [1.29, 1.82) is 0 Å². The summed E-state index contributed by atoms with van der Waals surface area (Å²) in [5.41, 5.74) is 0.880. The lowest BCUT2D eigenvalue weighted by molar-refractivity contribution is -0.143. The Morgan fingerprint density at radius 2 is 1.95 bits per heavy atom. The largest absolute Gasteiger partial charge is 0.481 e. The highest BCUT2D eigenvalue weighted by Crippen LogP contribution is 2.37. The van der Waals surface area contributed by atoms with Crippen LogP contribution in [0.1, 0.15) is 37.5 Å². The fraction of sp³-hybridized carbons (Fsp3) is 0.400. The summed E-state index contributed by atoms with van der Waals surface area (Å²) >= 11 is 0. The Kier molecular flexibility index (Phi) is 3.50. The molecular weight excluding hydrogens is 256 g/mol. The minimum atomic E-state index is -0.769. The predicted molar refractivity (Wildman–Crippen MR) is 72.1 cm³/mol. The number of carbonyl (C=O) groups is 1. The van der Waals surface area contributed by atoms with E-state index in [1.807, 2.05) is 30.3 Å². The summed E-state index contributed by atoms with van der Waals surface area (Å²) < 4.78 is 5.31. The summed E-state index contributed by atoms with van der Waals surface area (Å²) in [7, 11) is 0. The second-order valence-corrected chi connectivity index (χ2v) is 5.16. The van der Waals surface area contributed by atoms with E-state index in [9.17, 15) is 9.90 Å². The molecule has 1 aliphatic rings. The van der Waals surface area contributed by atoms with Crippen LogP contribution in [-0.2, 0) is 4.79 Å². The zero-order valence-electron chi connectivity index (χ0n) is 11.0. The molecule has 1 aliphatic carbocycles. The van der Waals surface area contributed by atoms with Crippen molar-refractivity contribution < 1.29 is 14.4 Å². The van der Waals surface area contributed by atoms with Gasteiger partial charge in [0, 0.05) is 5.56 Å². The van der Waals surface area contributed by atoms with Crippen LogP contribution >= 0.6 is 0 Å². The van der Waals surface area contributed by atoms with Crippen molar-refractivity contribution >= 4 is 5.97 Å². The number of nitrogens with zero attached hydrogens (tertiary/aromatic N) is 2. The Morgan fingerprint density at radius 1 is 1.20 bits per heavy atom. The number of hydrogen-bond acceptors (Lipinski definition) is 4. The molecule has 20 heavy (non-hydrogen) atoms. The third-order valence-electron chi connectivity index (χ3n) is 3.87. The van der Waals surface area contributed by atoms with E-state index >= 15 is 0 Å². The van der Waals surface area contributed by atoms with Crippen molar-refractivity contribution in [3.05, 3.63) is 36.2 Å². The molecule has 0 aliphatic heterocycles. The second kappa shape index (κ2) is 5.45. The van der Waals surface area contributed by atoms with Gasteiger partial charge in [-0.1, -0.05) is 48.3 Å². The topological polar surface area (TPSA) is 76.2 Å². The van der Waals surface area contributed by atoms with Gasteiger partial charge in [0.25, 0.3) is 0 Å². The van der Waals surface area contributed by atoms with Crippen molar-refractivity contribution in [2.45, 2.75) is 31.6 Å². The predicted octanol–water partition coefficient (Wildman–Crippen LogP) is 3.10. The zero-order chi connectivity index (χ0) is 13.9. The molecule has 1 aromatic carbocycles. The standard InChI is InChI=1S/C15H16N2O3/c18-15(19)12-9-5-4-8-11(12)14-16-13(17-20-14)10-6-2-1-3-7-10/h1-3,6-7,11-12H,4-5,8-9H2,(H,18,19). The van der Waals surface area contributed by atoms with E-state index < -0.39 is 11.9 Å². The molecule has 1 heterocycles. The van der Waals surface area contributed by atoms with E-state index in [-0.39, 0.29) is 5.92 Å². The summed E-state index contributed by atoms with van der Waals surface area (Å²) in [5, 5.41) is 13.3. The Morgan fingerprint density at radius 3 is 2.70 bits per heavy atom. The first kappa shape index (κ1) is 12.8. The summed E-state index contributed by atoms with van der Waals surface area (Å²) in [6, 6.07) is 9.55. The highest BCUT2D eigenvalue weighted by Gasteiger charge is 2.35. The Bertz CT molecular complexity index is 594. The molecule has 1 aromatic heterocycles. The smallest absolute Gasteiger partial charge is 0.307 e. The molecule has 1 N–H and O–H groups in total. The molecule has 0 radical (unpaired) electrons. The van der Waals surface area contributed by atoms with Crippen molar-refractivity contribution in [1.82, 2.24) is 10.1 Å². The molecule has 2 atom stereocenters. The molecule has 1 fully saturated rings. The number of benzene rings is 1. The van der Waals surface area contributed by atoms with Crippen LogP contribution in [0.3, 0.4) is 0 Å². The second-order valence-electron chi connectivity index (χ2n) is 5.16. The maximum absolute atomic E-state index is 11.3. The first-order valence-electron chi connectivity index (χ1n) is 6.87. The van der Waals surface area contributed by atoms with Crippen LogP contribution in [-0.4, -0.2) is 21.2 Å². The van der Waals surface area contributed by atoms with Gasteiger partial charge in [0.2, 0.25) is 11.7 Å². The lowest BCUT2D eigenvalue weighted by Gasteiger charge is -2.25. The Hall–Kier alpha value is -2.17. The Balaban J connectivity index is 1.87. The average Bonchev–Trinajstić information content (AvgIpc) is 2.98. The van der Waals surface area contributed by atoms with Gasteiger partial charge >= 0.3 is 5.97 Å². The maximum Gasteiger partial charge on any atom is 0.307 e. The fourth-order valence-electron chi connectivity index (χ4n) is 2.81. The first-order chi connectivity index (χ1) is 9.75. The lowest BCUT2D eigenvalue weighted by atomic mass is 9.79. The van der Waals surface area contributed by atoms with E-state index in [0.717, 1.165) is 24.8 Å². The third-order valence-corrected chi connectivity index (χ3v) is 3.87. The van der Waals surface area contributed by atoms with Crippen molar-refractivity contribution in [2.24, 2.45) is 5.92 Å². The third kappa shape index (κ3) is 2.43. The lowest BCUT2D eigenvalue weighted by Crippen LogP contribution is -2.25. The number of aromatic nitrogens is 2. The molecule has 5 heteroatoms. The minimum absolute atomic E-state index is 0.161. The molecule has 3 rings (SSSR count). The number of carboxylic acids is 1. The average molecular weight is 272 g/mol. The van der Waals surface area contributed by atoms with Crippen LogP contribution in [0.4, 0.5) is 0 Å². The SMILES string of the molecule is O=C(O)C1CCCCC1c1nc(-c2ccccc2)no1. The summed E-state index contributed by atoms with van der Waals surface area (Å²) in [4.78, 5) is 15.7. The molecule has 0 bridgehead atoms. The van der Waals surface area contributed by atoms with Gasteiger partial charge in [-0.25, -0.2) is 0 Å². The molecular formula is C15H16N2O3. The maximum atomic E-state index is 11.3. The van der Waals surface area contributed by atoms with Gasteiger partial charge in [0.05, 0.1) is 11.8 Å². The molecule has 104 valence electrons. The van der Waals surface area contributed by atoms with Crippen LogP contribution in [0.25, 0.3) is 11.4 Å². The van der Waals surface area contributed by atoms with Crippen LogP contribution in [0, 0.1) is 5.92 Å². The Labute approximate surface area is 116 Å². The highest BCUT2D eigenvalue weighted by atomic mass is 16.5. The number of hydrogen-bond donors (Lipinski definition) is 1. The number of aliphatic carboxylic acids is 1. The molecule has 2 unspecified atom stereocenters. The van der Waals surface area contributed by atoms with Crippen LogP contribution in [0.15, 0.2) is 34.9 Å². The van der Waals surface area contributed by atoms with E-state index in [1.165, 1.54) is 0 Å². The van der Waals surface area contributed by atoms with Gasteiger partial charge in [0.15, 0.2) is 0 Å². The van der Waals surface area contributed by atoms with Crippen molar-refractivity contribution in [2.75, 3.05) is 0 Å². The summed E-state index contributed by atoms with van der Waals surface area (Å²) in [6.45, 7) is 0. The van der Waals surface area contributed by atoms with Gasteiger partial charge in [0.1, 0.15) is 0 Å². The molecule has 0 amide bonds. The fourth-order valence-corrected chi connectivity index (χ4v) is 2.81. The molecule has 1 saturated carbocycles. The van der Waals surface area contributed by atoms with Crippen molar-refractivity contribution in [3.8, 4) is 11.4 Å². The van der Waals surface area contributed by atoms with Gasteiger partial charge in [-0.3, -0.25) is 4.79 Å². The molecule has 2 aromatic rings. The van der Waals surface area contributed by atoms with E-state index in [4.69, 9.17) is 4.52 Å². The number of carboxylic acid groups (broad SMARTS) is 1. The van der Waals surface area contributed by atoms with Crippen LogP contribution in [0.2, 0.25) is 0 Å². The molecule has 0 saturated heterocycles. The van der Waals surface area contributed by atoms with Crippen LogP contribution in [0.5, 0.6) is 0 Å². The zero-order valence-corrected chi connectivity index (χ0v) is 11.0. The monoisotopic (exact) mass is 272 g/mol. The molecule has 0 spiro atoms. The van der Waals surface area contributed by atoms with Gasteiger partial charge in [-0.05, 0) is 12.8 Å². The number of rotatable bonds is 3. The van der Waals surface area contributed by atoms with Gasteiger partial charge in [-0.2, -0.15) is 4.98 Å². The van der Waals surface area contributed by atoms with Gasteiger partial charge < -0.3 is 9.63 Å². The van der Waals surface area contributed by atoms with E-state index in [1.54, 1.807) is 0 Å². The first-order valence-corrected chi connectivity index (χ1v) is 6.87. The highest BCUT2D eigenvalue weighted by molar-refractivity contribution is 5.71. The van der Waals surface area contributed by atoms with Crippen LogP contribution < -0.4 is 0 Å². The normalized spacial score (nSPS) is 22.6. The minimum Gasteiger partial charge on any atom is -0.481 e. The summed E-state index contributed by atoms with van der Waals surface area (Å²) in [5.74, 6) is -0.362. The quantitative estimate of drug-likeness (QED) is 0.929.